The molecule has 0 amide bonds. The molecule has 0 aromatic heterocycles. The summed E-state index contributed by atoms with van der Waals surface area (Å²) in [6, 6.07) is 21.8. The Balaban J connectivity index is 1.41. The summed E-state index contributed by atoms with van der Waals surface area (Å²) in [5.41, 5.74) is -0.0162. The molecule has 3 unspecified atom stereocenters. The molecule has 8 nitrogen and oxygen atoms in total. The summed E-state index contributed by atoms with van der Waals surface area (Å²) >= 11 is 0. The minimum atomic E-state index is -5.66. The highest BCUT2D eigenvalue weighted by atomic mass is 32.2. The van der Waals surface area contributed by atoms with Crippen molar-refractivity contribution in [3.63, 3.8) is 0 Å². The first-order valence-corrected chi connectivity index (χ1v) is 18.3. The Morgan fingerprint density at radius 3 is 1.85 bits per heavy atom. The Morgan fingerprint density at radius 2 is 1.36 bits per heavy atom. The van der Waals surface area contributed by atoms with Gasteiger partial charge in [-0.1, -0.05) is 31.4 Å². The van der Waals surface area contributed by atoms with Gasteiger partial charge in [0, 0.05) is 0 Å². The number of benzene rings is 3. The van der Waals surface area contributed by atoms with Crippen molar-refractivity contribution in [3.05, 3.63) is 78.4 Å². The van der Waals surface area contributed by atoms with Crippen LogP contribution in [-0.2, 0) is 40.9 Å². The predicted molar refractivity (Wildman–Crippen MR) is 174 cm³/mol. The molecule has 0 spiro atoms. The maximum Gasteiger partial charge on any atom is 0.405 e. The van der Waals surface area contributed by atoms with Crippen LogP contribution in [-0.4, -0.2) is 49.1 Å². The Kier molecular flexibility index (Phi) is 10.4. The molecule has 47 heavy (non-hydrogen) atoms. The molecule has 0 radical (unpaired) electrons. The molecule has 5 rings (SSSR count). The smallest absolute Gasteiger partial charge is 0.405 e. The summed E-state index contributed by atoms with van der Waals surface area (Å²) in [4.78, 5) is 15.4. The van der Waals surface area contributed by atoms with Gasteiger partial charge in [0.1, 0.15) is 17.1 Å². The van der Waals surface area contributed by atoms with Crippen LogP contribution < -0.4 is 9.47 Å². The van der Waals surface area contributed by atoms with E-state index in [0.717, 1.165) is 59.3 Å². The van der Waals surface area contributed by atoms with E-state index in [1.807, 2.05) is 57.2 Å². The lowest BCUT2D eigenvalue weighted by molar-refractivity contribution is -0.221. The van der Waals surface area contributed by atoms with Gasteiger partial charge in [-0.2, -0.15) is 17.2 Å². The number of hydrogen-bond donors (Lipinski definition) is 1. The van der Waals surface area contributed by atoms with Crippen LogP contribution in [0.1, 0.15) is 65.4 Å². The lowest BCUT2D eigenvalue weighted by Gasteiger charge is -2.41. The van der Waals surface area contributed by atoms with Gasteiger partial charge in [0.05, 0.1) is 35.6 Å². The van der Waals surface area contributed by atoms with Crippen LogP contribution in [0.25, 0.3) is 0 Å². The molecular weight excluding hydrogens is 651 g/mol. The molecule has 1 N–H and O–H groups in total. The molecule has 1 aliphatic heterocycles. The van der Waals surface area contributed by atoms with Crippen molar-refractivity contribution in [2.75, 3.05) is 13.2 Å². The van der Waals surface area contributed by atoms with Crippen LogP contribution in [0.4, 0.5) is 8.78 Å². The fraction of sp³-hybridized carbons (Fsp3) is 0.457. The van der Waals surface area contributed by atoms with Crippen LogP contribution in [0, 0.1) is 5.92 Å². The van der Waals surface area contributed by atoms with Crippen molar-refractivity contribution in [2.45, 2.75) is 97.0 Å². The molecule has 0 bridgehead atoms. The van der Waals surface area contributed by atoms with Gasteiger partial charge in [0.15, 0.2) is 20.8 Å². The average Bonchev–Trinajstić information content (AvgIpc) is 3.04. The van der Waals surface area contributed by atoms with Crippen LogP contribution >= 0.6 is 0 Å². The number of carbonyl (C=O) groups is 1. The predicted octanol–water partition coefficient (Wildman–Crippen LogP) is 7.56. The summed E-state index contributed by atoms with van der Waals surface area (Å²) < 4.78 is 82.7. The molecular formula is C35H41F2O8S2+. The minimum Gasteiger partial charge on any atom is -0.483 e. The Morgan fingerprint density at radius 1 is 0.851 bits per heavy atom. The summed E-state index contributed by atoms with van der Waals surface area (Å²) in [5, 5.41) is -4.49. The first-order chi connectivity index (χ1) is 22.1. The highest BCUT2D eigenvalue weighted by Gasteiger charge is 2.51. The molecule has 3 aromatic rings. The molecule has 1 saturated heterocycles. The zero-order chi connectivity index (χ0) is 34.0. The maximum absolute atomic E-state index is 14.1. The Bertz CT molecular complexity index is 1630. The van der Waals surface area contributed by atoms with E-state index in [-0.39, 0.29) is 23.2 Å². The largest absolute Gasteiger partial charge is 0.483 e. The molecule has 1 saturated carbocycles. The van der Waals surface area contributed by atoms with E-state index in [4.69, 9.17) is 23.5 Å². The summed E-state index contributed by atoms with van der Waals surface area (Å²) in [7, 11) is -6.34. The second-order valence-corrected chi connectivity index (χ2v) is 16.4. The summed E-state index contributed by atoms with van der Waals surface area (Å²) in [6.45, 7) is 7.70. The molecule has 254 valence electrons. The third-order valence-corrected chi connectivity index (χ3v) is 11.8. The van der Waals surface area contributed by atoms with Crippen molar-refractivity contribution in [3.8, 4) is 11.5 Å². The van der Waals surface area contributed by atoms with Crippen LogP contribution in [0.15, 0.2) is 87.5 Å². The number of hydrogen-bond acceptors (Lipinski definition) is 7. The molecule has 3 aromatic carbocycles. The monoisotopic (exact) mass is 691 g/mol. The maximum atomic E-state index is 14.1. The van der Waals surface area contributed by atoms with Gasteiger partial charge >= 0.3 is 21.3 Å². The summed E-state index contributed by atoms with van der Waals surface area (Å²) in [6.07, 6.45) is 2.76. The number of halogens is 2. The zero-order valence-electron chi connectivity index (χ0n) is 26.9. The highest BCUT2D eigenvalue weighted by molar-refractivity contribution is 7.97. The highest BCUT2D eigenvalue weighted by Crippen LogP contribution is 2.38. The van der Waals surface area contributed by atoms with Crippen molar-refractivity contribution in [1.29, 1.82) is 0 Å². The SMILES string of the molecule is CC(Oc1ccc([S+](c2ccc(OC(=O)C3CCCCC3)cc2)c2ccc(C3(C)COC(C)(C)CO3)cc2)cc1)C(F)(F)S(=O)(=O)O. The van der Waals surface area contributed by atoms with E-state index in [2.05, 4.69) is 0 Å². The van der Waals surface area contributed by atoms with Gasteiger partial charge in [0.2, 0.25) is 0 Å². The van der Waals surface area contributed by atoms with Crippen molar-refractivity contribution >= 4 is 27.0 Å². The lowest BCUT2D eigenvalue weighted by atomic mass is 9.89. The number of carbonyl (C=O) groups excluding carboxylic acids is 1. The van der Waals surface area contributed by atoms with E-state index in [1.54, 1.807) is 24.3 Å². The molecule has 12 heteroatoms. The van der Waals surface area contributed by atoms with E-state index in [9.17, 15) is 22.0 Å². The van der Waals surface area contributed by atoms with E-state index >= 15 is 0 Å². The topological polar surface area (TPSA) is 108 Å². The number of ether oxygens (including phenoxy) is 4. The molecule has 2 aliphatic rings. The zero-order valence-corrected chi connectivity index (χ0v) is 28.5. The second-order valence-electron chi connectivity index (χ2n) is 12.9. The minimum absolute atomic E-state index is 0.0127. The fourth-order valence-electron chi connectivity index (χ4n) is 5.59. The van der Waals surface area contributed by atoms with Gasteiger partial charge in [-0.05, 0) is 107 Å². The van der Waals surface area contributed by atoms with Crippen molar-refractivity contribution in [1.82, 2.24) is 0 Å². The van der Waals surface area contributed by atoms with E-state index < -0.39 is 38.0 Å². The quantitative estimate of drug-likeness (QED) is 0.101. The Labute approximate surface area is 277 Å². The van der Waals surface area contributed by atoms with Gasteiger partial charge < -0.3 is 18.9 Å². The van der Waals surface area contributed by atoms with Crippen LogP contribution in [0.5, 0.6) is 11.5 Å². The van der Waals surface area contributed by atoms with Gasteiger partial charge in [-0.25, -0.2) is 0 Å². The van der Waals surface area contributed by atoms with Crippen LogP contribution in [0.2, 0.25) is 0 Å². The normalized spacial score (nSPS) is 21.9. The number of rotatable bonds is 10. The number of alkyl halides is 2. The van der Waals surface area contributed by atoms with Crippen molar-refractivity contribution < 1.29 is 45.5 Å². The second kappa shape index (κ2) is 13.8. The first kappa shape index (κ1) is 35.3. The van der Waals surface area contributed by atoms with Gasteiger partial charge in [0.25, 0.3) is 0 Å². The van der Waals surface area contributed by atoms with E-state index in [0.29, 0.717) is 19.0 Å². The average molecular weight is 692 g/mol. The third kappa shape index (κ3) is 8.17. The Hall–Kier alpha value is -3.03. The first-order valence-electron chi connectivity index (χ1n) is 15.6. The fourth-order valence-corrected chi connectivity index (χ4v) is 8.10. The van der Waals surface area contributed by atoms with Gasteiger partial charge in [-0.15, -0.1) is 0 Å². The molecule has 3 atom stereocenters. The molecule has 1 aliphatic carbocycles. The molecule has 2 fully saturated rings. The van der Waals surface area contributed by atoms with Gasteiger partial charge in [-0.3, -0.25) is 9.35 Å². The van der Waals surface area contributed by atoms with Crippen molar-refractivity contribution in [2.24, 2.45) is 5.92 Å². The lowest BCUT2D eigenvalue weighted by Crippen LogP contribution is -2.47. The standard InChI is InChI=1S/C35H40F2O8S2/c1-24(35(36,37)47(39,40)41)44-27-12-18-30(19-13-27)46(29-16-10-26(11-17-29)34(4)23-42-33(2,3)22-43-34)31-20-14-28(15-21-31)45-32(38)25-8-6-5-7-9-25/h10-21,24-25H,5-9,22-23H2,1-4H3/p+1. The summed E-state index contributed by atoms with van der Waals surface area (Å²) in [5.74, 6) is 0.191. The third-order valence-electron chi connectivity index (χ3n) is 8.58. The molecule has 1 heterocycles. The number of esters is 1. The van der Waals surface area contributed by atoms with E-state index in [1.165, 1.54) is 12.1 Å². The van der Waals surface area contributed by atoms with Crippen LogP contribution in [0.3, 0.4) is 0 Å².